The maximum absolute atomic E-state index is 14.0. The molecule has 0 N–H and O–H groups in total. The van der Waals surface area contributed by atoms with Crippen molar-refractivity contribution in [3.05, 3.63) is 58.9 Å². The maximum Gasteiger partial charge on any atom is 0.246 e. The summed E-state index contributed by atoms with van der Waals surface area (Å²) in [6.45, 7) is 2.72. The zero-order valence-electron chi connectivity index (χ0n) is 15.7. The number of rotatable bonds is 4. The van der Waals surface area contributed by atoms with Crippen LogP contribution in [0.1, 0.15) is 11.1 Å². The molecule has 2 aromatic rings. The van der Waals surface area contributed by atoms with Gasteiger partial charge in [-0.15, -0.1) is 0 Å². The summed E-state index contributed by atoms with van der Waals surface area (Å²) in [5.41, 5.74) is 1.48. The minimum Gasteiger partial charge on any atom is -0.207 e. The third kappa shape index (κ3) is 3.91. The van der Waals surface area contributed by atoms with Crippen LogP contribution < -0.4 is 0 Å². The van der Waals surface area contributed by atoms with E-state index in [0.29, 0.717) is 17.7 Å². The van der Waals surface area contributed by atoms with E-state index < -0.39 is 42.4 Å². The van der Waals surface area contributed by atoms with E-state index in [9.17, 15) is 30.0 Å². The van der Waals surface area contributed by atoms with Gasteiger partial charge in [0.15, 0.2) is 17.5 Å². The van der Waals surface area contributed by atoms with Gasteiger partial charge in [0.1, 0.15) is 4.90 Å². The van der Waals surface area contributed by atoms with Gasteiger partial charge in [0.25, 0.3) is 0 Å². The summed E-state index contributed by atoms with van der Waals surface area (Å²) in [7, 11) is -8.28. The monoisotopic (exact) mass is 448 g/mol. The first-order valence-electron chi connectivity index (χ1n) is 8.67. The number of benzene rings is 2. The van der Waals surface area contributed by atoms with Gasteiger partial charge in [-0.2, -0.15) is 8.61 Å². The molecule has 0 spiro atoms. The van der Waals surface area contributed by atoms with Crippen molar-refractivity contribution in [2.75, 3.05) is 26.2 Å². The minimum absolute atomic E-state index is 0.131. The van der Waals surface area contributed by atoms with Crippen LogP contribution in [0.25, 0.3) is 0 Å². The van der Waals surface area contributed by atoms with Crippen LogP contribution in [0.15, 0.2) is 40.1 Å². The number of halogens is 3. The molecule has 0 unspecified atom stereocenters. The van der Waals surface area contributed by atoms with Crippen molar-refractivity contribution < 1.29 is 30.0 Å². The maximum atomic E-state index is 14.0. The Hall–Kier alpha value is -1.95. The van der Waals surface area contributed by atoms with Gasteiger partial charge in [-0.3, -0.25) is 0 Å². The molecule has 1 saturated heterocycles. The molecule has 0 amide bonds. The SMILES string of the molecule is Cc1ccc(S(=O)(=O)N2CCN(S(=O)(=O)c3ccc(F)c(F)c3F)CC2)c(C)c1. The van der Waals surface area contributed by atoms with Crippen LogP contribution in [-0.2, 0) is 20.0 Å². The van der Waals surface area contributed by atoms with Gasteiger partial charge in [-0.1, -0.05) is 17.7 Å². The molecule has 6 nitrogen and oxygen atoms in total. The highest BCUT2D eigenvalue weighted by molar-refractivity contribution is 7.89. The van der Waals surface area contributed by atoms with Gasteiger partial charge in [0.05, 0.1) is 4.90 Å². The number of hydrogen-bond acceptors (Lipinski definition) is 4. The van der Waals surface area contributed by atoms with Crippen LogP contribution in [0.2, 0.25) is 0 Å². The second-order valence-electron chi connectivity index (χ2n) is 6.75. The van der Waals surface area contributed by atoms with Crippen molar-refractivity contribution >= 4 is 20.0 Å². The van der Waals surface area contributed by atoms with Crippen molar-refractivity contribution in [2.24, 2.45) is 0 Å². The van der Waals surface area contributed by atoms with E-state index in [0.717, 1.165) is 14.2 Å². The van der Waals surface area contributed by atoms with Gasteiger partial charge < -0.3 is 0 Å². The second kappa shape index (κ2) is 7.71. The molecule has 158 valence electrons. The molecule has 11 heteroatoms. The highest BCUT2D eigenvalue weighted by atomic mass is 32.2. The lowest BCUT2D eigenvalue weighted by molar-refractivity contribution is 0.271. The summed E-state index contributed by atoms with van der Waals surface area (Å²) in [4.78, 5) is -0.854. The van der Waals surface area contributed by atoms with E-state index >= 15 is 0 Å². The van der Waals surface area contributed by atoms with Crippen LogP contribution in [0, 0.1) is 31.3 Å². The van der Waals surface area contributed by atoms with Crippen LogP contribution in [0.4, 0.5) is 13.2 Å². The minimum atomic E-state index is -4.45. The van der Waals surface area contributed by atoms with Crippen molar-refractivity contribution in [1.29, 1.82) is 0 Å². The third-order valence-corrected chi connectivity index (χ3v) is 8.74. The lowest BCUT2D eigenvalue weighted by Crippen LogP contribution is -2.50. The Kier molecular flexibility index (Phi) is 5.78. The van der Waals surface area contributed by atoms with Crippen LogP contribution >= 0.6 is 0 Å². The largest absolute Gasteiger partial charge is 0.246 e. The fourth-order valence-corrected chi connectivity index (χ4v) is 6.33. The summed E-state index contributed by atoms with van der Waals surface area (Å²) < 4.78 is 93.5. The predicted octanol–water partition coefficient (Wildman–Crippen LogP) is 2.42. The van der Waals surface area contributed by atoms with Crippen LogP contribution in [0.5, 0.6) is 0 Å². The molecule has 1 heterocycles. The Labute approximate surface area is 167 Å². The van der Waals surface area contributed by atoms with E-state index in [2.05, 4.69) is 0 Å². The summed E-state index contributed by atoms with van der Waals surface area (Å²) in [6.07, 6.45) is 0. The fraction of sp³-hybridized carbons (Fsp3) is 0.333. The van der Waals surface area contributed by atoms with E-state index in [1.165, 1.54) is 6.07 Å². The molecule has 0 bridgehead atoms. The average Bonchev–Trinajstić information content (AvgIpc) is 2.65. The van der Waals surface area contributed by atoms with Crippen molar-refractivity contribution in [3.63, 3.8) is 0 Å². The first-order chi connectivity index (χ1) is 13.5. The molecule has 0 aliphatic carbocycles. The van der Waals surface area contributed by atoms with Gasteiger partial charge in [-0.25, -0.2) is 30.0 Å². The third-order valence-electron chi connectivity index (χ3n) is 4.76. The Morgan fingerprint density at radius 1 is 0.724 bits per heavy atom. The van der Waals surface area contributed by atoms with E-state index in [4.69, 9.17) is 0 Å². The Morgan fingerprint density at radius 2 is 1.21 bits per heavy atom. The highest BCUT2D eigenvalue weighted by Crippen LogP contribution is 2.26. The zero-order chi connectivity index (χ0) is 21.6. The highest BCUT2D eigenvalue weighted by Gasteiger charge is 2.36. The Balaban J connectivity index is 1.82. The quantitative estimate of drug-likeness (QED) is 0.674. The van der Waals surface area contributed by atoms with Crippen molar-refractivity contribution in [3.8, 4) is 0 Å². The summed E-state index contributed by atoms with van der Waals surface area (Å²) in [5.74, 6) is -5.16. The van der Waals surface area contributed by atoms with Crippen LogP contribution in [-0.4, -0.2) is 51.6 Å². The molecule has 1 fully saturated rings. The van der Waals surface area contributed by atoms with Crippen molar-refractivity contribution in [2.45, 2.75) is 23.6 Å². The molecule has 1 aliphatic rings. The Bertz CT molecular complexity index is 1160. The van der Waals surface area contributed by atoms with Gasteiger partial charge in [0.2, 0.25) is 20.0 Å². The van der Waals surface area contributed by atoms with Crippen LogP contribution in [0.3, 0.4) is 0 Å². The smallest absolute Gasteiger partial charge is 0.207 e. The first-order valence-corrected chi connectivity index (χ1v) is 11.6. The summed E-state index contributed by atoms with van der Waals surface area (Å²) in [6, 6.07) is 6.10. The fourth-order valence-electron chi connectivity index (χ4n) is 3.22. The molecule has 1 aliphatic heterocycles. The number of hydrogen-bond donors (Lipinski definition) is 0. The van der Waals surface area contributed by atoms with Gasteiger partial charge in [-0.05, 0) is 37.6 Å². The number of sulfonamides is 2. The summed E-state index contributed by atoms with van der Waals surface area (Å²) in [5, 5.41) is 0. The van der Waals surface area contributed by atoms with Crippen molar-refractivity contribution in [1.82, 2.24) is 8.61 Å². The number of piperazine rings is 1. The second-order valence-corrected chi connectivity index (χ2v) is 10.6. The predicted molar refractivity (Wildman–Crippen MR) is 99.7 cm³/mol. The molecule has 2 aromatic carbocycles. The normalized spacial score (nSPS) is 16.9. The molecule has 0 aromatic heterocycles. The summed E-state index contributed by atoms with van der Waals surface area (Å²) >= 11 is 0. The topological polar surface area (TPSA) is 74.8 Å². The molecule has 0 atom stereocenters. The lowest BCUT2D eigenvalue weighted by Gasteiger charge is -2.33. The van der Waals surface area contributed by atoms with E-state index in [-0.39, 0.29) is 31.1 Å². The standard InChI is InChI=1S/C18H19F3N2O4S2/c1-12-3-5-15(13(2)11-12)28(24,25)22-7-9-23(10-8-22)29(26,27)16-6-4-14(19)17(20)18(16)21/h3-6,11H,7-10H2,1-2H3. The van der Waals surface area contributed by atoms with E-state index in [1.54, 1.807) is 19.1 Å². The molecule has 0 radical (unpaired) electrons. The number of aryl methyl sites for hydroxylation is 2. The number of nitrogens with zero attached hydrogens (tertiary/aromatic N) is 2. The zero-order valence-corrected chi connectivity index (χ0v) is 17.3. The van der Waals surface area contributed by atoms with Gasteiger partial charge in [0, 0.05) is 26.2 Å². The van der Waals surface area contributed by atoms with E-state index in [1.807, 2.05) is 6.92 Å². The molecule has 29 heavy (non-hydrogen) atoms. The molecule has 3 rings (SSSR count). The van der Waals surface area contributed by atoms with Gasteiger partial charge >= 0.3 is 0 Å². The lowest BCUT2D eigenvalue weighted by atomic mass is 10.2. The molecule has 0 saturated carbocycles. The Morgan fingerprint density at radius 3 is 1.72 bits per heavy atom. The average molecular weight is 448 g/mol. The molecular formula is C18H19F3N2O4S2. The molecular weight excluding hydrogens is 429 g/mol. The first kappa shape index (κ1) is 21.8.